The first-order chi connectivity index (χ1) is 11.6. The topological polar surface area (TPSA) is 86.9 Å². The van der Waals surface area contributed by atoms with Gasteiger partial charge in [0.25, 0.3) is 5.56 Å². The van der Waals surface area contributed by atoms with E-state index in [9.17, 15) is 9.59 Å². The molecule has 3 N–H and O–H groups in total. The first kappa shape index (κ1) is 16.4. The third-order valence-corrected chi connectivity index (χ3v) is 3.99. The zero-order chi connectivity index (χ0) is 16.9. The van der Waals surface area contributed by atoms with Crippen LogP contribution in [0.3, 0.4) is 0 Å². The van der Waals surface area contributed by atoms with E-state index in [1.165, 1.54) is 18.9 Å². The van der Waals surface area contributed by atoms with Crippen molar-refractivity contribution in [2.45, 2.75) is 26.2 Å². The summed E-state index contributed by atoms with van der Waals surface area (Å²) in [6.07, 6.45) is 3.22. The number of nitrogens with one attached hydrogen (secondary N) is 3. The van der Waals surface area contributed by atoms with Crippen LogP contribution in [-0.4, -0.2) is 29.0 Å². The zero-order valence-corrected chi connectivity index (χ0v) is 13.8. The van der Waals surface area contributed by atoms with Gasteiger partial charge in [0.2, 0.25) is 5.91 Å². The van der Waals surface area contributed by atoms with Crippen molar-refractivity contribution in [2.75, 3.05) is 18.4 Å². The predicted octanol–water partition coefficient (Wildman–Crippen LogP) is 1.94. The minimum absolute atomic E-state index is 0.0726. The van der Waals surface area contributed by atoms with Crippen LogP contribution in [0.5, 0.6) is 0 Å². The van der Waals surface area contributed by atoms with Crippen molar-refractivity contribution in [1.29, 1.82) is 0 Å². The molecular weight excluding hydrogens is 304 g/mol. The molecule has 1 aliphatic rings. The number of hydrogen-bond acceptors (Lipinski definition) is 4. The van der Waals surface area contributed by atoms with Gasteiger partial charge < -0.3 is 15.6 Å². The molecule has 0 bridgehead atoms. The fraction of sp³-hybridized carbons (Fsp3) is 0.389. The van der Waals surface area contributed by atoms with Crippen LogP contribution in [0.25, 0.3) is 11.4 Å². The van der Waals surface area contributed by atoms with Gasteiger partial charge >= 0.3 is 0 Å². The molecule has 24 heavy (non-hydrogen) atoms. The number of carbonyl (C=O) groups excluding carboxylic acids is 1. The van der Waals surface area contributed by atoms with E-state index in [0.29, 0.717) is 24.5 Å². The molecule has 0 atom stereocenters. The molecule has 6 heteroatoms. The maximum absolute atomic E-state index is 12.0. The Morgan fingerprint density at radius 2 is 2.17 bits per heavy atom. The summed E-state index contributed by atoms with van der Waals surface area (Å²) in [4.78, 5) is 30.9. The Hall–Kier alpha value is -2.47. The molecule has 1 heterocycles. The van der Waals surface area contributed by atoms with Gasteiger partial charge in [-0.15, -0.1) is 0 Å². The van der Waals surface area contributed by atoms with E-state index in [2.05, 4.69) is 20.6 Å². The fourth-order valence-corrected chi connectivity index (χ4v) is 2.49. The molecule has 126 valence electrons. The third-order valence-electron chi connectivity index (χ3n) is 3.99. The summed E-state index contributed by atoms with van der Waals surface area (Å²) in [7, 11) is 0. The van der Waals surface area contributed by atoms with Crippen molar-refractivity contribution >= 4 is 11.6 Å². The van der Waals surface area contributed by atoms with Crippen molar-refractivity contribution in [1.82, 2.24) is 15.3 Å². The number of nitrogens with zero attached hydrogens (tertiary/aromatic N) is 1. The molecule has 0 aliphatic heterocycles. The van der Waals surface area contributed by atoms with Crippen LogP contribution >= 0.6 is 0 Å². The molecular formula is C18H22N4O2. The maximum atomic E-state index is 12.0. The Labute approximate surface area is 140 Å². The largest absolute Gasteiger partial charge is 0.325 e. The van der Waals surface area contributed by atoms with Gasteiger partial charge in [-0.2, -0.15) is 0 Å². The average molecular weight is 326 g/mol. The molecule has 1 aromatic carbocycles. The number of amides is 1. The second-order valence-corrected chi connectivity index (χ2v) is 6.14. The molecule has 1 aliphatic carbocycles. The lowest BCUT2D eigenvalue weighted by molar-refractivity contribution is -0.115. The van der Waals surface area contributed by atoms with Crippen LogP contribution in [0, 0.1) is 5.92 Å². The maximum Gasteiger partial charge on any atom is 0.251 e. The van der Waals surface area contributed by atoms with Crippen molar-refractivity contribution in [3.8, 4) is 11.4 Å². The molecule has 1 aromatic heterocycles. The minimum Gasteiger partial charge on any atom is -0.325 e. The first-order valence-electron chi connectivity index (χ1n) is 8.35. The molecule has 1 amide bonds. The average Bonchev–Trinajstić information content (AvgIpc) is 3.39. The van der Waals surface area contributed by atoms with E-state index >= 15 is 0 Å². The summed E-state index contributed by atoms with van der Waals surface area (Å²) in [6, 6.07) is 8.83. The van der Waals surface area contributed by atoms with Gasteiger partial charge in [-0.05, 0) is 43.9 Å². The number of anilines is 1. The first-order valence-corrected chi connectivity index (χ1v) is 8.35. The monoisotopic (exact) mass is 326 g/mol. The number of aromatic nitrogens is 2. The van der Waals surface area contributed by atoms with E-state index < -0.39 is 0 Å². The smallest absolute Gasteiger partial charge is 0.251 e. The van der Waals surface area contributed by atoms with E-state index in [4.69, 9.17) is 0 Å². The number of aryl methyl sites for hydroxylation is 1. The number of hydrogen-bond donors (Lipinski definition) is 3. The number of benzene rings is 1. The lowest BCUT2D eigenvalue weighted by atomic mass is 10.1. The van der Waals surface area contributed by atoms with Crippen LogP contribution in [0.4, 0.5) is 5.69 Å². The van der Waals surface area contributed by atoms with E-state index in [1.54, 1.807) is 0 Å². The molecule has 1 fully saturated rings. The fourth-order valence-electron chi connectivity index (χ4n) is 2.49. The molecule has 0 saturated heterocycles. The Morgan fingerprint density at radius 1 is 1.33 bits per heavy atom. The van der Waals surface area contributed by atoms with Crippen LogP contribution in [0.1, 0.15) is 25.5 Å². The van der Waals surface area contributed by atoms with Crippen LogP contribution in [0.2, 0.25) is 0 Å². The highest BCUT2D eigenvalue weighted by Gasteiger charge is 2.20. The number of H-pyrrole nitrogens is 1. The van der Waals surface area contributed by atoms with Crippen molar-refractivity contribution in [2.24, 2.45) is 5.92 Å². The van der Waals surface area contributed by atoms with Gasteiger partial charge in [0, 0.05) is 23.0 Å². The van der Waals surface area contributed by atoms with Gasteiger partial charge in [-0.25, -0.2) is 4.98 Å². The highest BCUT2D eigenvalue weighted by atomic mass is 16.2. The highest BCUT2D eigenvalue weighted by molar-refractivity contribution is 5.92. The Kier molecular flexibility index (Phi) is 5.05. The quantitative estimate of drug-likeness (QED) is 0.726. The normalized spacial score (nSPS) is 13.7. The predicted molar refractivity (Wildman–Crippen MR) is 93.9 cm³/mol. The third kappa shape index (κ3) is 4.52. The van der Waals surface area contributed by atoms with Gasteiger partial charge in [0.1, 0.15) is 5.82 Å². The SMILES string of the molecule is CCc1cc(=O)[nH]c(-c2cccc(NC(=O)CNCC3CC3)c2)n1. The van der Waals surface area contributed by atoms with Gasteiger partial charge in [-0.3, -0.25) is 9.59 Å². The standard InChI is InChI=1S/C18H22N4O2/c1-2-14-9-16(23)22-18(21-14)13-4-3-5-15(8-13)20-17(24)11-19-10-12-6-7-12/h3-5,8-9,12,19H,2,6-7,10-11H2,1H3,(H,20,24)(H,21,22,23). The van der Waals surface area contributed by atoms with Gasteiger partial charge in [0.05, 0.1) is 6.54 Å². The van der Waals surface area contributed by atoms with Crippen molar-refractivity contribution in [3.63, 3.8) is 0 Å². The molecule has 0 unspecified atom stereocenters. The Morgan fingerprint density at radius 3 is 2.92 bits per heavy atom. The summed E-state index contributed by atoms with van der Waals surface area (Å²) >= 11 is 0. The summed E-state index contributed by atoms with van der Waals surface area (Å²) in [5.41, 5.74) is 2.03. The summed E-state index contributed by atoms with van der Waals surface area (Å²) in [5, 5.41) is 6.03. The highest BCUT2D eigenvalue weighted by Crippen LogP contribution is 2.27. The molecule has 3 rings (SSSR count). The van der Waals surface area contributed by atoms with E-state index in [0.717, 1.165) is 23.7 Å². The summed E-state index contributed by atoms with van der Waals surface area (Å²) < 4.78 is 0. The molecule has 6 nitrogen and oxygen atoms in total. The summed E-state index contributed by atoms with van der Waals surface area (Å²) in [6.45, 7) is 3.17. The van der Waals surface area contributed by atoms with Crippen LogP contribution in [0.15, 0.2) is 35.1 Å². The van der Waals surface area contributed by atoms with Gasteiger partial charge in [-0.1, -0.05) is 19.1 Å². The molecule has 0 spiro atoms. The van der Waals surface area contributed by atoms with E-state index in [-0.39, 0.29) is 11.5 Å². The second kappa shape index (κ2) is 7.40. The zero-order valence-electron chi connectivity index (χ0n) is 13.8. The molecule has 0 radical (unpaired) electrons. The van der Waals surface area contributed by atoms with Gasteiger partial charge in [0.15, 0.2) is 0 Å². The van der Waals surface area contributed by atoms with Crippen LogP contribution in [-0.2, 0) is 11.2 Å². The number of rotatable bonds is 7. The number of carbonyl (C=O) groups is 1. The number of aromatic amines is 1. The Bertz CT molecular complexity index is 781. The second-order valence-electron chi connectivity index (χ2n) is 6.14. The lowest BCUT2D eigenvalue weighted by Gasteiger charge is -2.08. The van der Waals surface area contributed by atoms with Crippen molar-refractivity contribution < 1.29 is 4.79 Å². The minimum atomic E-state index is -0.171. The van der Waals surface area contributed by atoms with E-state index in [1.807, 2.05) is 31.2 Å². The summed E-state index contributed by atoms with van der Waals surface area (Å²) in [5.74, 6) is 1.19. The molecule has 1 saturated carbocycles. The Balaban J connectivity index is 1.68. The molecule has 2 aromatic rings. The van der Waals surface area contributed by atoms with Crippen molar-refractivity contribution in [3.05, 3.63) is 46.4 Å². The van der Waals surface area contributed by atoms with Crippen LogP contribution < -0.4 is 16.2 Å². The lowest BCUT2D eigenvalue weighted by Crippen LogP contribution is -2.29.